The summed E-state index contributed by atoms with van der Waals surface area (Å²) >= 11 is 0. The fraction of sp³-hybridized carbons (Fsp3) is 0. The predicted octanol–water partition coefficient (Wildman–Crippen LogP) is 2.41. The first kappa shape index (κ1) is 14.5. The smallest absolute Gasteiger partial charge is 0.289 e. The fourth-order valence-electron chi connectivity index (χ4n) is 2.06. The van der Waals surface area contributed by atoms with Gasteiger partial charge in [-0.1, -0.05) is 30.3 Å². The molecule has 1 heterocycles. The number of para-hydroxylation sites is 2. The minimum atomic E-state index is -0.466. The second kappa shape index (κ2) is 6.15. The number of pyridine rings is 1. The Hall–Kier alpha value is -3.41. The van der Waals surface area contributed by atoms with Gasteiger partial charge in [-0.05, 0) is 24.3 Å². The molecule has 0 spiro atoms. The highest BCUT2D eigenvalue weighted by molar-refractivity contribution is 5.95. The van der Waals surface area contributed by atoms with Gasteiger partial charge >= 0.3 is 0 Å². The lowest BCUT2D eigenvalue weighted by Gasteiger charge is -2.02. The first-order valence-corrected chi connectivity index (χ1v) is 6.85. The number of benzene rings is 2. The lowest BCUT2D eigenvalue weighted by atomic mass is 10.2. The summed E-state index contributed by atoms with van der Waals surface area (Å²) in [6, 6.07) is 15.4. The van der Waals surface area contributed by atoms with Crippen LogP contribution < -0.4 is 5.43 Å². The van der Waals surface area contributed by atoms with Crippen molar-refractivity contribution in [2.45, 2.75) is 0 Å². The average Bonchev–Trinajstić information content (AvgIpc) is 2.58. The number of hydrogen-bond donors (Lipinski definition) is 3. The third-order valence-electron chi connectivity index (χ3n) is 3.25. The van der Waals surface area contributed by atoms with Gasteiger partial charge in [-0.25, -0.2) is 10.4 Å². The summed E-state index contributed by atoms with van der Waals surface area (Å²) in [5.41, 5.74) is 3.58. The molecule has 3 N–H and O–H groups in total. The number of fused-ring (bicyclic) bond motifs is 1. The maximum Gasteiger partial charge on any atom is 0.289 e. The Kier molecular flexibility index (Phi) is 3.88. The Morgan fingerprint density at radius 1 is 1.04 bits per heavy atom. The van der Waals surface area contributed by atoms with Gasteiger partial charge in [0.05, 0.1) is 11.7 Å². The quantitative estimate of drug-likeness (QED) is 0.393. The van der Waals surface area contributed by atoms with Gasteiger partial charge in [-0.3, -0.25) is 4.79 Å². The molecule has 2 aromatic carbocycles. The highest BCUT2D eigenvalue weighted by Crippen LogP contribution is 2.26. The van der Waals surface area contributed by atoms with Crippen molar-refractivity contribution in [2.75, 3.05) is 0 Å². The fourth-order valence-corrected chi connectivity index (χ4v) is 2.06. The van der Waals surface area contributed by atoms with Crippen LogP contribution >= 0.6 is 0 Å². The van der Waals surface area contributed by atoms with Crippen molar-refractivity contribution < 1.29 is 15.0 Å². The molecule has 3 aromatic rings. The number of hydrogen-bond acceptors (Lipinski definition) is 5. The molecule has 0 saturated carbocycles. The number of aromatic nitrogens is 1. The Bertz CT molecular complexity index is 906. The first-order chi connectivity index (χ1) is 11.1. The summed E-state index contributed by atoms with van der Waals surface area (Å²) in [6.07, 6.45) is 1.24. The van der Waals surface area contributed by atoms with E-state index in [9.17, 15) is 15.0 Å². The van der Waals surface area contributed by atoms with Crippen LogP contribution in [0.4, 0.5) is 0 Å². The van der Waals surface area contributed by atoms with E-state index in [-0.39, 0.29) is 22.8 Å². The normalized spacial score (nSPS) is 11.0. The lowest BCUT2D eigenvalue weighted by Crippen LogP contribution is -2.18. The summed E-state index contributed by atoms with van der Waals surface area (Å²) in [5.74, 6) is -1.02. The number of hydrazone groups is 1. The van der Waals surface area contributed by atoms with E-state index in [4.69, 9.17) is 0 Å². The third-order valence-corrected chi connectivity index (χ3v) is 3.25. The van der Waals surface area contributed by atoms with Crippen LogP contribution in [0.15, 0.2) is 59.7 Å². The number of phenolic OH excluding ortho intramolecular Hbond substituents is 2. The molecule has 0 aliphatic carbocycles. The van der Waals surface area contributed by atoms with E-state index in [1.54, 1.807) is 18.2 Å². The Labute approximate surface area is 131 Å². The molecule has 6 nitrogen and oxygen atoms in total. The SMILES string of the molecule is O=C(N/N=C/c1cccc(O)c1O)c1ccc2ccccc2n1. The van der Waals surface area contributed by atoms with E-state index in [0.29, 0.717) is 0 Å². The van der Waals surface area contributed by atoms with Crippen molar-refractivity contribution >= 4 is 23.0 Å². The molecule has 0 unspecified atom stereocenters. The van der Waals surface area contributed by atoms with E-state index >= 15 is 0 Å². The van der Waals surface area contributed by atoms with Crippen LogP contribution in [-0.2, 0) is 0 Å². The van der Waals surface area contributed by atoms with Gasteiger partial charge in [0.25, 0.3) is 5.91 Å². The molecule has 0 aliphatic heterocycles. The third kappa shape index (κ3) is 3.11. The number of rotatable bonds is 3. The summed E-state index contributed by atoms with van der Waals surface area (Å²) in [5, 5.41) is 23.7. The van der Waals surface area contributed by atoms with Crippen LogP contribution in [0.5, 0.6) is 11.5 Å². The van der Waals surface area contributed by atoms with E-state index in [0.717, 1.165) is 10.9 Å². The molecule has 23 heavy (non-hydrogen) atoms. The van der Waals surface area contributed by atoms with Crippen molar-refractivity contribution in [1.82, 2.24) is 10.4 Å². The zero-order chi connectivity index (χ0) is 16.2. The van der Waals surface area contributed by atoms with E-state index in [2.05, 4.69) is 15.5 Å². The number of aromatic hydroxyl groups is 2. The molecule has 6 heteroatoms. The Balaban J connectivity index is 1.75. The highest BCUT2D eigenvalue weighted by Gasteiger charge is 2.07. The minimum absolute atomic E-state index is 0.237. The molecule has 1 aromatic heterocycles. The van der Waals surface area contributed by atoms with Crippen molar-refractivity contribution in [2.24, 2.45) is 5.10 Å². The van der Waals surface area contributed by atoms with Gasteiger partial charge in [-0.15, -0.1) is 0 Å². The average molecular weight is 307 g/mol. The van der Waals surface area contributed by atoms with Gasteiger partial charge in [0.15, 0.2) is 11.5 Å². The van der Waals surface area contributed by atoms with Crippen molar-refractivity contribution in [3.05, 3.63) is 65.9 Å². The van der Waals surface area contributed by atoms with Crippen LogP contribution in [0.1, 0.15) is 16.1 Å². The van der Waals surface area contributed by atoms with Gasteiger partial charge in [-0.2, -0.15) is 5.10 Å². The maximum atomic E-state index is 12.0. The molecule has 3 rings (SSSR count). The van der Waals surface area contributed by atoms with Gasteiger partial charge in [0.1, 0.15) is 5.69 Å². The number of nitrogens with zero attached hydrogens (tertiary/aromatic N) is 2. The number of amides is 1. The minimum Gasteiger partial charge on any atom is -0.504 e. The Morgan fingerprint density at radius 2 is 1.87 bits per heavy atom. The molecule has 1 amide bonds. The topological polar surface area (TPSA) is 94.8 Å². The van der Waals surface area contributed by atoms with Crippen LogP contribution in [0, 0.1) is 0 Å². The Morgan fingerprint density at radius 3 is 2.74 bits per heavy atom. The molecule has 0 fully saturated rings. The zero-order valence-corrected chi connectivity index (χ0v) is 12.0. The van der Waals surface area contributed by atoms with Crippen LogP contribution in [0.3, 0.4) is 0 Å². The number of nitrogens with one attached hydrogen (secondary N) is 1. The van der Waals surface area contributed by atoms with Crippen LogP contribution in [0.25, 0.3) is 10.9 Å². The summed E-state index contributed by atoms with van der Waals surface area (Å²) in [6.45, 7) is 0. The number of carbonyl (C=O) groups is 1. The molecule has 0 bridgehead atoms. The molecule has 114 valence electrons. The maximum absolute atomic E-state index is 12.0. The summed E-state index contributed by atoms with van der Waals surface area (Å²) < 4.78 is 0. The van der Waals surface area contributed by atoms with E-state index in [1.807, 2.05) is 30.3 Å². The predicted molar refractivity (Wildman–Crippen MR) is 86.6 cm³/mol. The van der Waals surface area contributed by atoms with E-state index in [1.165, 1.54) is 12.3 Å². The van der Waals surface area contributed by atoms with E-state index < -0.39 is 5.91 Å². The standard InChI is InChI=1S/C17H13N3O3/c21-15-7-3-5-12(16(15)22)10-18-20-17(23)14-9-8-11-4-1-2-6-13(11)19-14/h1-10,21-22H,(H,20,23)/b18-10+. The number of phenols is 2. The molecule has 0 atom stereocenters. The summed E-state index contributed by atoms with van der Waals surface area (Å²) in [4.78, 5) is 16.3. The summed E-state index contributed by atoms with van der Waals surface area (Å²) in [7, 11) is 0. The largest absolute Gasteiger partial charge is 0.504 e. The second-order valence-corrected chi connectivity index (χ2v) is 4.80. The highest BCUT2D eigenvalue weighted by atomic mass is 16.3. The molecular formula is C17H13N3O3. The van der Waals surface area contributed by atoms with Gasteiger partial charge < -0.3 is 10.2 Å². The van der Waals surface area contributed by atoms with Gasteiger partial charge in [0.2, 0.25) is 0 Å². The second-order valence-electron chi connectivity index (χ2n) is 4.80. The zero-order valence-electron chi connectivity index (χ0n) is 12.0. The van der Waals surface area contributed by atoms with Crippen molar-refractivity contribution in [3.63, 3.8) is 0 Å². The first-order valence-electron chi connectivity index (χ1n) is 6.85. The van der Waals surface area contributed by atoms with Crippen LogP contribution in [-0.4, -0.2) is 27.3 Å². The molecule has 0 radical (unpaired) electrons. The monoisotopic (exact) mass is 307 g/mol. The molecule has 0 saturated heterocycles. The molecular weight excluding hydrogens is 294 g/mol. The molecule has 0 aliphatic rings. The lowest BCUT2D eigenvalue weighted by molar-refractivity contribution is 0.0950. The van der Waals surface area contributed by atoms with Crippen molar-refractivity contribution in [3.8, 4) is 11.5 Å². The van der Waals surface area contributed by atoms with Gasteiger partial charge in [0, 0.05) is 10.9 Å². The van der Waals surface area contributed by atoms with Crippen molar-refractivity contribution in [1.29, 1.82) is 0 Å². The number of carbonyl (C=O) groups excluding carboxylic acids is 1. The van der Waals surface area contributed by atoms with Crippen LogP contribution in [0.2, 0.25) is 0 Å².